The number of ether oxygens (including phenoxy) is 1. The topological polar surface area (TPSA) is 90.4 Å². The third kappa shape index (κ3) is 2.47. The van der Waals surface area contributed by atoms with Crippen molar-refractivity contribution in [3.8, 4) is 0 Å². The Morgan fingerprint density at radius 1 is 1.53 bits per heavy atom. The second kappa shape index (κ2) is 4.31. The van der Waals surface area contributed by atoms with Crippen molar-refractivity contribution in [2.75, 3.05) is 18.5 Å². The number of carbonyl (C=O) groups is 1. The molecule has 0 atom stereocenters. The Morgan fingerprint density at radius 3 is 2.93 bits per heavy atom. The van der Waals surface area contributed by atoms with Crippen LogP contribution in [0, 0.1) is 0 Å². The maximum absolute atomic E-state index is 10.6. The highest BCUT2D eigenvalue weighted by Gasteiger charge is 2.20. The summed E-state index contributed by atoms with van der Waals surface area (Å²) in [7, 11) is 0. The van der Waals surface area contributed by atoms with Crippen molar-refractivity contribution < 1.29 is 14.1 Å². The summed E-state index contributed by atoms with van der Waals surface area (Å²) in [5.41, 5.74) is 4.96. The van der Waals surface area contributed by atoms with Crippen LogP contribution in [0.3, 0.4) is 0 Å². The Hall–Kier alpha value is -1.56. The van der Waals surface area contributed by atoms with Crippen LogP contribution in [0.4, 0.5) is 10.6 Å². The summed E-state index contributed by atoms with van der Waals surface area (Å²) < 4.78 is 10.4. The maximum atomic E-state index is 10.6. The van der Waals surface area contributed by atoms with Crippen molar-refractivity contribution in [1.82, 2.24) is 5.16 Å². The van der Waals surface area contributed by atoms with E-state index >= 15 is 0 Å². The van der Waals surface area contributed by atoms with Crippen molar-refractivity contribution in [1.29, 1.82) is 0 Å². The number of amides is 2. The summed E-state index contributed by atoms with van der Waals surface area (Å²) in [5.74, 6) is 1.47. The van der Waals surface area contributed by atoms with Gasteiger partial charge in [0.05, 0.1) is 0 Å². The fourth-order valence-electron chi connectivity index (χ4n) is 1.65. The van der Waals surface area contributed by atoms with Gasteiger partial charge in [0.15, 0.2) is 5.82 Å². The number of nitrogens with zero attached hydrogens (tertiary/aromatic N) is 1. The molecule has 0 bridgehead atoms. The normalized spacial score (nSPS) is 17.6. The molecule has 1 aromatic rings. The molecule has 1 aliphatic rings. The molecule has 0 spiro atoms. The average Bonchev–Trinajstić information content (AvgIpc) is 2.67. The number of nitrogens with one attached hydrogen (secondary N) is 1. The summed E-state index contributed by atoms with van der Waals surface area (Å²) in [6.45, 7) is 1.48. The minimum atomic E-state index is -0.637. The summed E-state index contributed by atoms with van der Waals surface area (Å²) in [4.78, 5) is 10.6. The van der Waals surface area contributed by atoms with Gasteiger partial charge in [0.25, 0.3) is 0 Å². The minimum Gasteiger partial charge on any atom is -0.381 e. The highest BCUT2D eigenvalue weighted by molar-refractivity contribution is 5.86. The zero-order valence-corrected chi connectivity index (χ0v) is 8.23. The van der Waals surface area contributed by atoms with Crippen LogP contribution in [0.2, 0.25) is 0 Å². The molecule has 1 aromatic heterocycles. The fourth-order valence-corrected chi connectivity index (χ4v) is 1.65. The minimum absolute atomic E-state index is 0.328. The summed E-state index contributed by atoms with van der Waals surface area (Å²) >= 11 is 0. The van der Waals surface area contributed by atoms with Gasteiger partial charge in [-0.25, -0.2) is 4.79 Å². The Balaban J connectivity index is 2.02. The van der Waals surface area contributed by atoms with E-state index in [9.17, 15) is 4.79 Å². The molecule has 0 saturated carbocycles. The van der Waals surface area contributed by atoms with E-state index < -0.39 is 6.03 Å². The molecule has 3 N–H and O–H groups in total. The molecule has 1 saturated heterocycles. The van der Waals surface area contributed by atoms with Gasteiger partial charge in [0.1, 0.15) is 5.76 Å². The van der Waals surface area contributed by atoms with Gasteiger partial charge in [-0.15, -0.1) is 0 Å². The zero-order chi connectivity index (χ0) is 10.7. The number of hydrogen-bond donors (Lipinski definition) is 2. The lowest BCUT2D eigenvalue weighted by Gasteiger charge is -2.18. The second-order valence-corrected chi connectivity index (χ2v) is 3.49. The van der Waals surface area contributed by atoms with Gasteiger partial charge in [-0.1, -0.05) is 5.16 Å². The molecule has 6 nitrogen and oxygen atoms in total. The van der Waals surface area contributed by atoms with Crippen molar-refractivity contribution >= 4 is 11.8 Å². The summed E-state index contributed by atoms with van der Waals surface area (Å²) in [6.07, 6.45) is 1.84. The van der Waals surface area contributed by atoms with Gasteiger partial charge < -0.3 is 15.0 Å². The van der Waals surface area contributed by atoms with Crippen molar-refractivity contribution in [2.45, 2.75) is 18.8 Å². The Kier molecular flexibility index (Phi) is 2.86. The van der Waals surface area contributed by atoms with Gasteiger partial charge in [-0.2, -0.15) is 0 Å². The standard InChI is InChI=1S/C9H13N3O3/c10-9(13)11-8-5-7(15-12-8)6-1-3-14-4-2-6/h5-6H,1-4H2,(H3,10,11,12,13). The summed E-state index contributed by atoms with van der Waals surface area (Å²) in [5, 5.41) is 6.07. The molecule has 2 heterocycles. The lowest BCUT2D eigenvalue weighted by molar-refractivity contribution is 0.0791. The number of hydrogen-bond acceptors (Lipinski definition) is 4. The molecule has 1 fully saturated rings. The summed E-state index contributed by atoms with van der Waals surface area (Å²) in [6, 6.07) is 1.07. The van der Waals surface area contributed by atoms with Crippen LogP contribution < -0.4 is 11.1 Å². The van der Waals surface area contributed by atoms with Gasteiger partial charge in [-0.3, -0.25) is 5.32 Å². The second-order valence-electron chi connectivity index (χ2n) is 3.49. The van der Waals surface area contributed by atoms with E-state index in [1.807, 2.05) is 0 Å². The SMILES string of the molecule is NC(=O)Nc1cc(C2CCOCC2)on1. The predicted octanol–water partition coefficient (Wildman–Crippen LogP) is 1.06. The molecule has 0 unspecified atom stereocenters. The zero-order valence-electron chi connectivity index (χ0n) is 8.23. The average molecular weight is 211 g/mol. The van der Waals surface area contributed by atoms with E-state index in [4.69, 9.17) is 15.0 Å². The molecule has 0 radical (unpaired) electrons. The van der Waals surface area contributed by atoms with Crippen LogP contribution in [-0.2, 0) is 4.74 Å². The fraction of sp³-hybridized carbons (Fsp3) is 0.556. The first-order valence-electron chi connectivity index (χ1n) is 4.86. The van der Waals surface area contributed by atoms with Crippen LogP contribution in [0.25, 0.3) is 0 Å². The lowest BCUT2D eigenvalue weighted by atomic mass is 9.98. The van der Waals surface area contributed by atoms with Crippen molar-refractivity contribution in [3.63, 3.8) is 0 Å². The maximum Gasteiger partial charge on any atom is 0.317 e. The molecule has 2 rings (SSSR count). The number of carbonyl (C=O) groups excluding carboxylic acids is 1. The van der Waals surface area contributed by atoms with E-state index in [1.54, 1.807) is 6.07 Å². The smallest absolute Gasteiger partial charge is 0.317 e. The Bertz CT molecular complexity index is 344. The van der Waals surface area contributed by atoms with Crippen LogP contribution >= 0.6 is 0 Å². The van der Waals surface area contributed by atoms with Crippen LogP contribution in [0.5, 0.6) is 0 Å². The number of urea groups is 1. The first kappa shape index (κ1) is 9.97. The molecule has 0 aliphatic carbocycles. The molecule has 0 aromatic carbocycles. The van der Waals surface area contributed by atoms with Gasteiger partial charge in [-0.05, 0) is 12.8 Å². The van der Waals surface area contributed by atoms with Crippen LogP contribution in [-0.4, -0.2) is 24.4 Å². The van der Waals surface area contributed by atoms with Crippen LogP contribution in [0.1, 0.15) is 24.5 Å². The predicted molar refractivity (Wildman–Crippen MR) is 52.5 cm³/mol. The van der Waals surface area contributed by atoms with E-state index in [2.05, 4.69) is 10.5 Å². The first-order chi connectivity index (χ1) is 7.25. The monoisotopic (exact) mass is 211 g/mol. The number of anilines is 1. The number of aromatic nitrogens is 1. The van der Waals surface area contributed by atoms with Crippen molar-refractivity contribution in [2.24, 2.45) is 5.73 Å². The number of primary amides is 1. The quantitative estimate of drug-likeness (QED) is 0.765. The molecule has 1 aliphatic heterocycles. The molecule has 2 amide bonds. The first-order valence-corrected chi connectivity index (χ1v) is 4.86. The lowest BCUT2D eigenvalue weighted by Crippen LogP contribution is -2.19. The Morgan fingerprint density at radius 2 is 2.27 bits per heavy atom. The van der Waals surface area contributed by atoms with Crippen LogP contribution in [0.15, 0.2) is 10.6 Å². The third-order valence-corrected chi connectivity index (χ3v) is 2.40. The molecular weight excluding hydrogens is 198 g/mol. The van der Waals surface area contributed by atoms with Gasteiger partial charge >= 0.3 is 6.03 Å². The van der Waals surface area contributed by atoms with Gasteiger partial charge in [0.2, 0.25) is 0 Å². The largest absolute Gasteiger partial charge is 0.381 e. The highest BCUT2D eigenvalue weighted by Crippen LogP contribution is 2.28. The molecule has 6 heteroatoms. The molecule has 15 heavy (non-hydrogen) atoms. The highest BCUT2D eigenvalue weighted by atomic mass is 16.5. The van der Waals surface area contributed by atoms with E-state index in [1.165, 1.54) is 0 Å². The van der Waals surface area contributed by atoms with Crippen molar-refractivity contribution in [3.05, 3.63) is 11.8 Å². The molecular formula is C9H13N3O3. The third-order valence-electron chi connectivity index (χ3n) is 2.40. The molecule has 82 valence electrons. The van der Waals surface area contributed by atoms with E-state index in [0.717, 1.165) is 31.8 Å². The van der Waals surface area contributed by atoms with E-state index in [0.29, 0.717) is 11.7 Å². The number of nitrogens with two attached hydrogens (primary N) is 1. The van der Waals surface area contributed by atoms with Gasteiger partial charge in [0, 0.05) is 25.2 Å². The number of rotatable bonds is 2. The van der Waals surface area contributed by atoms with E-state index in [-0.39, 0.29) is 0 Å². The Labute approximate surface area is 86.7 Å².